The Morgan fingerprint density at radius 1 is 1.15 bits per heavy atom. The summed E-state index contributed by atoms with van der Waals surface area (Å²) in [6.45, 7) is 0. The van der Waals surface area contributed by atoms with E-state index >= 15 is 0 Å². The van der Waals surface area contributed by atoms with Crippen molar-refractivity contribution >= 4 is 26.7 Å². The van der Waals surface area contributed by atoms with Crippen LogP contribution in [0.1, 0.15) is 36.4 Å². The number of aromatic amines is 1. The molecule has 1 atom stereocenters. The number of ketones is 1. The molecular formula is C21H20N2O3S. The Hall–Kier alpha value is -2.73. The van der Waals surface area contributed by atoms with E-state index in [9.17, 15) is 13.2 Å². The van der Waals surface area contributed by atoms with E-state index in [1.807, 2.05) is 24.3 Å². The number of sulfone groups is 1. The molecule has 4 rings (SSSR count). The van der Waals surface area contributed by atoms with Crippen LogP contribution in [0.25, 0.3) is 11.0 Å². The number of hydrogen-bond donors (Lipinski definition) is 1. The zero-order valence-corrected chi connectivity index (χ0v) is 15.8. The molecule has 1 fully saturated rings. The minimum atomic E-state index is -3.24. The summed E-state index contributed by atoms with van der Waals surface area (Å²) < 4.78 is 23.5. The first-order valence-corrected chi connectivity index (χ1v) is 10.7. The zero-order valence-electron chi connectivity index (χ0n) is 15.0. The molecule has 3 aromatic rings. The van der Waals surface area contributed by atoms with Gasteiger partial charge >= 0.3 is 0 Å². The van der Waals surface area contributed by atoms with E-state index in [0.29, 0.717) is 17.7 Å². The molecule has 0 saturated heterocycles. The molecular weight excluding hydrogens is 360 g/mol. The van der Waals surface area contributed by atoms with E-state index in [2.05, 4.69) is 22.1 Å². The van der Waals surface area contributed by atoms with Gasteiger partial charge in [0.25, 0.3) is 0 Å². The highest BCUT2D eigenvalue weighted by Crippen LogP contribution is 2.32. The predicted octanol–water partition coefficient (Wildman–Crippen LogP) is 3.78. The molecule has 1 aromatic carbocycles. The molecule has 1 unspecified atom stereocenters. The van der Waals surface area contributed by atoms with Crippen LogP contribution in [-0.4, -0.2) is 30.4 Å². The first kappa shape index (κ1) is 17.7. The maximum Gasteiger partial charge on any atom is 0.175 e. The van der Waals surface area contributed by atoms with Crippen LogP contribution in [0.2, 0.25) is 0 Å². The Balaban J connectivity index is 1.79. The molecule has 0 spiro atoms. The number of carbonyl (C=O) groups is 1. The van der Waals surface area contributed by atoms with E-state index in [-0.39, 0.29) is 11.7 Å². The van der Waals surface area contributed by atoms with Crippen molar-refractivity contribution in [3.63, 3.8) is 0 Å². The maximum atomic E-state index is 11.8. The number of H-pyrrole nitrogens is 1. The van der Waals surface area contributed by atoms with Crippen molar-refractivity contribution in [3.8, 4) is 0 Å². The minimum absolute atomic E-state index is 0.0892. The molecule has 1 aliphatic rings. The fourth-order valence-electron chi connectivity index (χ4n) is 3.54. The second-order valence-electron chi connectivity index (χ2n) is 7.03. The van der Waals surface area contributed by atoms with Crippen molar-refractivity contribution in [1.29, 1.82) is 0 Å². The summed E-state index contributed by atoms with van der Waals surface area (Å²) in [6, 6.07) is 12.9. The van der Waals surface area contributed by atoms with Gasteiger partial charge < -0.3 is 4.98 Å². The van der Waals surface area contributed by atoms with Crippen molar-refractivity contribution in [2.45, 2.75) is 30.1 Å². The molecule has 1 N–H and O–H groups in total. The summed E-state index contributed by atoms with van der Waals surface area (Å²) in [5, 5.41) is 1.02. The third-order valence-electron chi connectivity index (χ3n) is 4.97. The molecule has 0 radical (unpaired) electrons. The van der Waals surface area contributed by atoms with Gasteiger partial charge in [0, 0.05) is 42.3 Å². The summed E-state index contributed by atoms with van der Waals surface area (Å²) in [6.07, 6.45) is 6.96. The van der Waals surface area contributed by atoms with Gasteiger partial charge in [0.05, 0.1) is 4.90 Å². The molecule has 0 amide bonds. The minimum Gasteiger partial charge on any atom is -0.342 e. The van der Waals surface area contributed by atoms with E-state index in [4.69, 9.17) is 0 Å². The van der Waals surface area contributed by atoms with Gasteiger partial charge in [-0.3, -0.25) is 4.79 Å². The van der Waals surface area contributed by atoms with Crippen LogP contribution in [0, 0.1) is 0 Å². The number of pyridine rings is 1. The number of allylic oxidation sites excluding steroid dienone is 2. The summed E-state index contributed by atoms with van der Waals surface area (Å²) >= 11 is 0. The van der Waals surface area contributed by atoms with Gasteiger partial charge in [-0.1, -0.05) is 23.8 Å². The molecule has 27 heavy (non-hydrogen) atoms. The predicted molar refractivity (Wildman–Crippen MR) is 104 cm³/mol. The molecule has 5 nitrogen and oxygen atoms in total. The fourth-order valence-corrected chi connectivity index (χ4v) is 4.17. The van der Waals surface area contributed by atoms with E-state index in [0.717, 1.165) is 34.3 Å². The third-order valence-corrected chi connectivity index (χ3v) is 6.10. The molecule has 2 aromatic heterocycles. The number of rotatable bonds is 4. The smallest absolute Gasteiger partial charge is 0.175 e. The molecule has 6 heteroatoms. The van der Waals surface area contributed by atoms with Crippen LogP contribution in [0.4, 0.5) is 0 Å². The van der Waals surface area contributed by atoms with Crippen molar-refractivity contribution in [2.24, 2.45) is 0 Å². The quantitative estimate of drug-likeness (QED) is 0.699. The lowest BCUT2D eigenvalue weighted by atomic mass is 9.93. The van der Waals surface area contributed by atoms with Crippen molar-refractivity contribution < 1.29 is 13.2 Å². The summed E-state index contributed by atoms with van der Waals surface area (Å²) in [5.41, 5.74) is 3.89. The number of benzene rings is 1. The summed E-state index contributed by atoms with van der Waals surface area (Å²) in [5.74, 6) is 0.180. The Labute approximate surface area is 158 Å². The van der Waals surface area contributed by atoms with Crippen molar-refractivity contribution in [1.82, 2.24) is 9.97 Å². The van der Waals surface area contributed by atoms with E-state index in [1.54, 1.807) is 18.3 Å². The molecule has 0 bridgehead atoms. The van der Waals surface area contributed by atoms with Crippen LogP contribution >= 0.6 is 0 Å². The second-order valence-corrected chi connectivity index (χ2v) is 9.04. The Bertz CT molecular complexity index is 1110. The average Bonchev–Trinajstić information content (AvgIpc) is 3.24. The van der Waals surface area contributed by atoms with Gasteiger partial charge in [-0.15, -0.1) is 0 Å². The van der Waals surface area contributed by atoms with Gasteiger partial charge in [-0.05, 0) is 42.3 Å². The van der Waals surface area contributed by atoms with Crippen LogP contribution in [0.3, 0.4) is 0 Å². The highest BCUT2D eigenvalue weighted by atomic mass is 32.2. The third kappa shape index (κ3) is 3.71. The molecule has 2 heterocycles. The molecule has 0 aliphatic heterocycles. The number of Topliss-reactive ketones (excluding diaryl/α,β-unsaturated/α-hetero) is 1. The zero-order chi connectivity index (χ0) is 19.0. The standard InChI is InChI=1S/C21H20N2O3S/c1-27(25,26)18-8-5-15(6-9-18)19(12-14-4-7-17(24)11-14)20-13-16-3-2-10-22-21(16)23-20/h2-3,5-6,8-10,12-13,19H,4,7,11H2,1H3,(H,22,23)/b14-12+. The average molecular weight is 380 g/mol. The number of hydrogen-bond acceptors (Lipinski definition) is 4. The van der Waals surface area contributed by atoms with Crippen LogP contribution in [0.5, 0.6) is 0 Å². The molecule has 1 aliphatic carbocycles. The van der Waals surface area contributed by atoms with Gasteiger partial charge in [0.2, 0.25) is 0 Å². The summed E-state index contributed by atoms with van der Waals surface area (Å²) in [4.78, 5) is 19.7. The van der Waals surface area contributed by atoms with Crippen LogP contribution in [-0.2, 0) is 14.6 Å². The Morgan fingerprint density at radius 2 is 1.93 bits per heavy atom. The van der Waals surface area contributed by atoms with Gasteiger partial charge in [0.15, 0.2) is 9.84 Å². The topological polar surface area (TPSA) is 79.9 Å². The highest BCUT2D eigenvalue weighted by molar-refractivity contribution is 7.90. The van der Waals surface area contributed by atoms with Crippen molar-refractivity contribution in [2.75, 3.05) is 6.26 Å². The van der Waals surface area contributed by atoms with E-state index < -0.39 is 9.84 Å². The normalized spacial score (nSPS) is 17.7. The van der Waals surface area contributed by atoms with E-state index in [1.165, 1.54) is 6.26 Å². The monoisotopic (exact) mass is 380 g/mol. The lowest BCUT2D eigenvalue weighted by Crippen LogP contribution is -2.02. The lowest BCUT2D eigenvalue weighted by molar-refractivity contribution is -0.117. The number of nitrogens with one attached hydrogen (secondary N) is 1. The van der Waals surface area contributed by atoms with Gasteiger partial charge in [-0.25, -0.2) is 13.4 Å². The largest absolute Gasteiger partial charge is 0.342 e. The Morgan fingerprint density at radius 3 is 2.56 bits per heavy atom. The van der Waals surface area contributed by atoms with Crippen LogP contribution < -0.4 is 0 Å². The maximum absolute atomic E-state index is 11.8. The van der Waals surface area contributed by atoms with Gasteiger partial charge in [-0.2, -0.15) is 0 Å². The van der Waals surface area contributed by atoms with Crippen molar-refractivity contribution in [3.05, 3.63) is 71.6 Å². The first-order chi connectivity index (χ1) is 12.9. The number of fused-ring (bicyclic) bond motifs is 1. The molecule has 138 valence electrons. The first-order valence-electron chi connectivity index (χ1n) is 8.85. The van der Waals surface area contributed by atoms with Crippen LogP contribution in [0.15, 0.2) is 65.2 Å². The van der Waals surface area contributed by atoms with Gasteiger partial charge in [0.1, 0.15) is 11.4 Å². The number of aromatic nitrogens is 2. The second kappa shape index (κ2) is 6.78. The fraction of sp³-hybridized carbons (Fsp3) is 0.238. The lowest BCUT2D eigenvalue weighted by Gasteiger charge is -2.14. The number of carbonyl (C=O) groups excluding carboxylic acids is 1. The Kier molecular flexibility index (Phi) is 4.44. The summed E-state index contributed by atoms with van der Waals surface area (Å²) in [7, 11) is -3.24. The highest BCUT2D eigenvalue weighted by Gasteiger charge is 2.21. The SMILES string of the molecule is CS(=O)(=O)c1ccc(C(/C=C2\CCC(=O)C2)c2cc3cccnc3[nH]2)cc1. The number of nitrogens with zero attached hydrogens (tertiary/aromatic N) is 1. The molecule has 1 saturated carbocycles.